The van der Waals surface area contributed by atoms with Gasteiger partial charge in [0.2, 0.25) is 0 Å². The van der Waals surface area contributed by atoms with E-state index in [0.717, 1.165) is 22.2 Å². The molecule has 5 rings (SSSR count). The third-order valence-electron chi connectivity index (χ3n) is 6.17. The molecule has 154 valence electrons. The van der Waals surface area contributed by atoms with Crippen LogP contribution in [0, 0.1) is 0 Å². The molecule has 2 aliphatic heterocycles. The number of para-hydroxylation sites is 1. The Morgan fingerprint density at radius 3 is 2.63 bits per heavy atom. The van der Waals surface area contributed by atoms with Crippen molar-refractivity contribution in [3.8, 4) is 11.5 Å². The minimum atomic E-state index is -0.303. The van der Waals surface area contributed by atoms with Crippen LogP contribution in [0.5, 0.6) is 11.5 Å². The van der Waals surface area contributed by atoms with Gasteiger partial charge in [-0.1, -0.05) is 24.3 Å². The quantitative estimate of drug-likeness (QED) is 0.652. The topological polar surface area (TPSA) is 57.8 Å². The molecule has 1 N–H and O–H groups in total. The predicted octanol–water partition coefficient (Wildman–Crippen LogP) is 3.65. The molecule has 3 aromatic rings. The molecule has 1 fully saturated rings. The van der Waals surface area contributed by atoms with Crippen LogP contribution < -0.4 is 9.47 Å². The highest BCUT2D eigenvalue weighted by Crippen LogP contribution is 2.45. The third kappa shape index (κ3) is 2.55. The Labute approximate surface area is 180 Å². The van der Waals surface area contributed by atoms with E-state index in [-0.39, 0.29) is 18.0 Å². The van der Waals surface area contributed by atoms with Crippen LogP contribution in [0.3, 0.4) is 0 Å². The lowest BCUT2D eigenvalue weighted by molar-refractivity contribution is -0.128. The number of H-pyrrole nitrogens is 1. The first-order valence-corrected chi connectivity index (χ1v) is 10.4. The van der Waals surface area contributed by atoms with Gasteiger partial charge in [-0.15, -0.1) is 0 Å². The van der Waals surface area contributed by atoms with Crippen molar-refractivity contribution in [2.45, 2.75) is 25.4 Å². The molecule has 7 heteroatoms. The molecule has 2 aliphatic rings. The summed E-state index contributed by atoms with van der Waals surface area (Å²) < 4.78 is 11.0. The molecule has 0 radical (unpaired) electrons. The molecule has 2 aromatic carbocycles. The van der Waals surface area contributed by atoms with E-state index in [0.29, 0.717) is 29.6 Å². The number of carbonyl (C=O) groups is 1. The first-order valence-electron chi connectivity index (χ1n) is 10.0. The Hall–Kier alpha value is -3.06. The number of hydrogen-bond donors (Lipinski definition) is 1. The highest BCUT2D eigenvalue weighted by molar-refractivity contribution is 7.80. The summed E-state index contributed by atoms with van der Waals surface area (Å²) in [4.78, 5) is 20.6. The lowest BCUT2D eigenvalue weighted by atomic mass is 9.89. The van der Waals surface area contributed by atoms with Gasteiger partial charge in [0.05, 0.1) is 20.3 Å². The lowest BCUT2D eigenvalue weighted by Crippen LogP contribution is -2.44. The molecule has 2 atom stereocenters. The number of aromatic nitrogens is 1. The zero-order valence-corrected chi connectivity index (χ0v) is 18.0. The van der Waals surface area contributed by atoms with Crippen LogP contribution in [0.25, 0.3) is 10.9 Å². The summed E-state index contributed by atoms with van der Waals surface area (Å²) in [5, 5.41) is 1.74. The minimum Gasteiger partial charge on any atom is -0.493 e. The first-order chi connectivity index (χ1) is 14.6. The average molecular weight is 422 g/mol. The van der Waals surface area contributed by atoms with Crippen molar-refractivity contribution in [2.75, 3.05) is 20.8 Å². The van der Waals surface area contributed by atoms with Crippen molar-refractivity contribution in [3.63, 3.8) is 0 Å². The fourth-order valence-corrected chi connectivity index (χ4v) is 5.24. The molecule has 0 bridgehead atoms. The van der Waals surface area contributed by atoms with Gasteiger partial charge >= 0.3 is 0 Å². The smallest absolute Gasteiger partial charge is 0.251 e. The maximum Gasteiger partial charge on any atom is 0.251 e. The fraction of sp³-hybridized carbons (Fsp3) is 0.304. The molecule has 30 heavy (non-hydrogen) atoms. The molecule has 1 aromatic heterocycles. The van der Waals surface area contributed by atoms with Gasteiger partial charge in [0.25, 0.3) is 5.91 Å². The van der Waals surface area contributed by atoms with Gasteiger partial charge in [0.1, 0.15) is 6.04 Å². The number of hydrogen-bond acceptors (Lipinski definition) is 4. The second-order valence-electron chi connectivity index (χ2n) is 7.57. The number of ether oxygens (including phenoxy) is 2. The number of nitrogens with one attached hydrogen (secondary N) is 1. The van der Waals surface area contributed by atoms with Crippen molar-refractivity contribution in [1.29, 1.82) is 0 Å². The average Bonchev–Trinajstić information content (AvgIpc) is 3.26. The van der Waals surface area contributed by atoms with Gasteiger partial charge in [0.15, 0.2) is 16.6 Å². The second-order valence-corrected chi connectivity index (χ2v) is 7.94. The second kappa shape index (κ2) is 7.02. The van der Waals surface area contributed by atoms with E-state index < -0.39 is 0 Å². The van der Waals surface area contributed by atoms with Crippen molar-refractivity contribution in [1.82, 2.24) is 14.8 Å². The summed E-state index contributed by atoms with van der Waals surface area (Å²) in [7, 11) is 3.25. The van der Waals surface area contributed by atoms with E-state index in [1.807, 2.05) is 37.3 Å². The van der Waals surface area contributed by atoms with Crippen LogP contribution in [-0.4, -0.2) is 52.6 Å². The van der Waals surface area contributed by atoms with Crippen LogP contribution in [0.15, 0.2) is 42.5 Å². The summed E-state index contributed by atoms with van der Waals surface area (Å²) in [6, 6.07) is 13.6. The van der Waals surface area contributed by atoms with Crippen LogP contribution in [0.1, 0.15) is 29.8 Å². The van der Waals surface area contributed by atoms with E-state index in [2.05, 4.69) is 22.0 Å². The number of carbonyl (C=O) groups excluding carboxylic acids is 1. The molecule has 3 heterocycles. The zero-order valence-electron chi connectivity index (χ0n) is 17.1. The Morgan fingerprint density at radius 2 is 1.90 bits per heavy atom. The minimum absolute atomic E-state index is 0.0731. The van der Waals surface area contributed by atoms with E-state index in [9.17, 15) is 4.79 Å². The van der Waals surface area contributed by atoms with Crippen LogP contribution in [-0.2, 0) is 11.2 Å². The van der Waals surface area contributed by atoms with E-state index >= 15 is 0 Å². The number of thiocarbonyl (C=S) groups is 1. The maximum atomic E-state index is 13.2. The van der Waals surface area contributed by atoms with Crippen molar-refractivity contribution >= 4 is 34.1 Å². The van der Waals surface area contributed by atoms with E-state index in [1.54, 1.807) is 19.1 Å². The fourth-order valence-electron chi connectivity index (χ4n) is 4.79. The number of benzene rings is 2. The highest BCUT2D eigenvalue weighted by Gasteiger charge is 2.50. The monoisotopic (exact) mass is 421 g/mol. The van der Waals surface area contributed by atoms with Gasteiger partial charge in [-0.05, 0) is 48.5 Å². The number of amides is 1. The normalized spacial score (nSPS) is 20.5. The SMILES string of the molecule is CCN1C(=O)[C@H]2Cc3c([nH]c4ccccc34)[C@@H](c3ccc(OC)c(OC)c3)N2C1=S. The first kappa shape index (κ1) is 18.9. The highest BCUT2D eigenvalue weighted by atomic mass is 32.1. The summed E-state index contributed by atoms with van der Waals surface area (Å²) >= 11 is 5.77. The molecule has 0 aliphatic carbocycles. The van der Waals surface area contributed by atoms with Gasteiger partial charge < -0.3 is 19.4 Å². The maximum absolute atomic E-state index is 13.2. The summed E-state index contributed by atoms with van der Waals surface area (Å²) in [6.07, 6.45) is 0.638. The summed E-state index contributed by atoms with van der Waals surface area (Å²) in [6.45, 7) is 2.53. The number of rotatable bonds is 4. The lowest BCUT2D eigenvalue weighted by Gasteiger charge is -2.37. The third-order valence-corrected chi connectivity index (χ3v) is 6.61. The Morgan fingerprint density at radius 1 is 1.13 bits per heavy atom. The van der Waals surface area contributed by atoms with Crippen LogP contribution in [0.4, 0.5) is 0 Å². The van der Waals surface area contributed by atoms with Crippen LogP contribution in [0.2, 0.25) is 0 Å². The standard InChI is InChI=1S/C23H23N3O3S/c1-4-25-22(27)17-12-15-14-7-5-6-8-16(14)24-20(15)21(26(17)23(25)30)13-9-10-18(28-2)19(11-13)29-3/h5-11,17,21,24H,4,12H2,1-3H3/t17-,21-/m1/s1. The molecule has 0 spiro atoms. The van der Waals surface area contributed by atoms with Gasteiger partial charge in [-0.2, -0.15) is 0 Å². The van der Waals surface area contributed by atoms with Gasteiger partial charge in [-0.25, -0.2) is 0 Å². The van der Waals surface area contributed by atoms with E-state index in [1.165, 1.54) is 5.56 Å². The number of aromatic amines is 1. The molecular weight excluding hydrogens is 398 g/mol. The number of nitrogens with zero attached hydrogens (tertiary/aromatic N) is 2. The van der Waals surface area contributed by atoms with Crippen LogP contribution >= 0.6 is 12.2 Å². The number of likely N-dealkylation sites (N-methyl/N-ethyl adjacent to an activating group) is 1. The zero-order chi connectivity index (χ0) is 21.0. The number of fused-ring (bicyclic) bond motifs is 4. The van der Waals surface area contributed by atoms with Crippen molar-refractivity contribution in [2.24, 2.45) is 0 Å². The number of methoxy groups -OCH3 is 2. The predicted molar refractivity (Wildman–Crippen MR) is 119 cm³/mol. The van der Waals surface area contributed by atoms with Gasteiger partial charge in [0, 0.05) is 29.6 Å². The Bertz CT molecular complexity index is 1170. The molecule has 1 saturated heterocycles. The largest absolute Gasteiger partial charge is 0.493 e. The molecule has 1 amide bonds. The molecule has 0 saturated carbocycles. The summed E-state index contributed by atoms with van der Waals surface area (Å²) in [5.41, 5.74) is 4.33. The Kier molecular flexibility index (Phi) is 4.43. The molecule has 0 unspecified atom stereocenters. The summed E-state index contributed by atoms with van der Waals surface area (Å²) in [5.74, 6) is 1.39. The molecular formula is C23H23N3O3S. The van der Waals surface area contributed by atoms with Gasteiger partial charge in [-0.3, -0.25) is 9.69 Å². The van der Waals surface area contributed by atoms with Crippen molar-refractivity contribution < 1.29 is 14.3 Å². The van der Waals surface area contributed by atoms with Crippen molar-refractivity contribution in [3.05, 3.63) is 59.3 Å². The van der Waals surface area contributed by atoms with E-state index in [4.69, 9.17) is 21.7 Å². The Balaban J connectivity index is 1.74. The molecule has 6 nitrogen and oxygen atoms in total.